The summed E-state index contributed by atoms with van der Waals surface area (Å²) >= 11 is 0. The molecule has 0 unspecified atom stereocenters. The molecule has 0 spiro atoms. The molecule has 1 aromatic carbocycles. The minimum Gasteiger partial charge on any atom is -0.398 e. The first kappa shape index (κ1) is 13.9. The van der Waals surface area contributed by atoms with Crippen LogP contribution in [0.25, 0.3) is 0 Å². The molecule has 3 N–H and O–H groups in total. The van der Waals surface area contributed by atoms with Crippen LogP contribution in [0.3, 0.4) is 0 Å². The van der Waals surface area contributed by atoms with Gasteiger partial charge in [0.2, 0.25) is 5.91 Å². The first-order valence-corrected chi connectivity index (χ1v) is 7.31. The van der Waals surface area contributed by atoms with Crippen molar-refractivity contribution in [3.8, 4) is 0 Å². The van der Waals surface area contributed by atoms with Gasteiger partial charge >= 0.3 is 0 Å². The Labute approximate surface area is 115 Å². The van der Waals surface area contributed by atoms with Crippen LogP contribution < -0.4 is 11.1 Å². The van der Waals surface area contributed by atoms with E-state index < -0.39 is 0 Å². The molecule has 1 fully saturated rings. The van der Waals surface area contributed by atoms with Crippen LogP contribution in [0.4, 0.5) is 5.69 Å². The van der Waals surface area contributed by atoms with Gasteiger partial charge in [-0.25, -0.2) is 0 Å². The van der Waals surface area contributed by atoms with Crippen molar-refractivity contribution in [3.63, 3.8) is 0 Å². The number of para-hydroxylation sites is 1. The van der Waals surface area contributed by atoms with E-state index >= 15 is 0 Å². The zero-order chi connectivity index (χ0) is 13.7. The molecule has 0 saturated heterocycles. The number of anilines is 1. The van der Waals surface area contributed by atoms with Crippen LogP contribution in [0.15, 0.2) is 24.3 Å². The van der Waals surface area contributed by atoms with Gasteiger partial charge < -0.3 is 11.1 Å². The number of carbonyl (C=O) groups excluding carboxylic acids is 1. The molecule has 3 nitrogen and oxygen atoms in total. The van der Waals surface area contributed by atoms with Gasteiger partial charge in [0.15, 0.2) is 0 Å². The summed E-state index contributed by atoms with van der Waals surface area (Å²) in [6.45, 7) is 2.25. The summed E-state index contributed by atoms with van der Waals surface area (Å²) in [7, 11) is 0. The van der Waals surface area contributed by atoms with Crippen LogP contribution in [0.2, 0.25) is 0 Å². The van der Waals surface area contributed by atoms with E-state index in [-0.39, 0.29) is 5.91 Å². The van der Waals surface area contributed by atoms with Crippen molar-refractivity contribution in [2.45, 2.75) is 51.5 Å². The molecule has 0 heterocycles. The van der Waals surface area contributed by atoms with Crippen LogP contribution in [0.5, 0.6) is 0 Å². The fraction of sp³-hybridized carbons (Fsp3) is 0.562. The van der Waals surface area contributed by atoms with E-state index in [1.807, 2.05) is 24.3 Å². The van der Waals surface area contributed by atoms with E-state index in [1.54, 1.807) is 0 Å². The highest BCUT2D eigenvalue weighted by Crippen LogP contribution is 2.26. The first-order chi connectivity index (χ1) is 9.19. The Kier molecular flexibility index (Phi) is 4.83. The second-order valence-electron chi connectivity index (χ2n) is 5.57. The Hall–Kier alpha value is -1.51. The lowest BCUT2D eigenvalue weighted by molar-refractivity contribution is -0.121. The molecule has 104 valence electrons. The fourth-order valence-corrected chi connectivity index (χ4v) is 2.86. The third-order valence-electron chi connectivity index (χ3n) is 4.20. The largest absolute Gasteiger partial charge is 0.398 e. The van der Waals surface area contributed by atoms with Crippen molar-refractivity contribution in [2.24, 2.45) is 5.92 Å². The third kappa shape index (κ3) is 3.98. The number of hydrogen-bond donors (Lipinski definition) is 2. The van der Waals surface area contributed by atoms with Crippen molar-refractivity contribution in [2.75, 3.05) is 5.73 Å². The summed E-state index contributed by atoms with van der Waals surface area (Å²) < 4.78 is 0. The highest BCUT2D eigenvalue weighted by atomic mass is 16.1. The average Bonchev–Trinajstić information content (AvgIpc) is 2.42. The summed E-state index contributed by atoms with van der Waals surface area (Å²) in [5, 5.41) is 3.14. The van der Waals surface area contributed by atoms with E-state index in [0.29, 0.717) is 18.2 Å². The third-order valence-corrected chi connectivity index (χ3v) is 4.20. The molecule has 2 rings (SSSR count). The zero-order valence-electron chi connectivity index (χ0n) is 11.7. The molecule has 1 aliphatic rings. The Bertz CT molecular complexity index is 423. The monoisotopic (exact) mass is 260 g/mol. The van der Waals surface area contributed by atoms with E-state index in [4.69, 9.17) is 5.73 Å². The van der Waals surface area contributed by atoms with E-state index in [2.05, 4.69) is 12.2 Å². The van der Waals surface area contributed by atoms with Gasteiger partial charge in [0.25, 0.3) is 0 Å². The highest BCUT2D eigenvalue weighted by Gasteiger charge is 2.21. The molecular weight excluding hydrogens is 236 g/mol. The first-order valence-electron chi connectivity index (χ1n) is 7.31. The van der Waals surface area contributed by atoms with Crippen molar-refractivity contribution < 1.29 is 4.79 Å². The minimum atomic E-state index is 0.0952. The molecular formula is C16H24N2O. The van der Waals surface area contributed by atoms with E-state index in [9.17, 15) is 4.79 Å². The Balaban J connectivity index is 1.81. The lowest BCUT2D eigenvalue weighted by Gasteiger charge is -2.28. The van der Waals surface area contributed by atoms with Gasteiger partial charge in [-0.15, -0.1) is 0 Å². The highest BCUT2D eigenvalue weighted by molar-refractivity contribution is 5.80. The smallest absolute Gasteiger partial charge is 0.224 e. The van der Waals surface area contributed by atoms with Crippen LogP contribution in [-0.4, -0.2) is 11.9 Å². The van der Waals surface area contributed by atoms with Crippen LogP contribution in [0.1, 0.15) is 44.6 Å². The predicted molar refractivity (Wildman–Crippen MR) is 78.7 cm³/mol. The Morgan fingerprint density at radius 1 is 1.26 bits per heavy atom. The lowest BCUT2D eigenvalue weighted by Crippen LogP contribution is -2.38. The summed E-state index contributed by atoms with van der Waals surface area (Å²) in [5.41, 5.74) is 7.48. The van der Waals surface area contributed by atoms with Gasteiger partial charge in [-0.1, -0.05) is 31.5 Å². The normalized spacial score (nSPS) is 23.0. The van der Waals surface area contributed by atoms with Crippen LogP contribution in [0, 0.1) is 5.92 Å². The summed E-state index contributed by atoms with van der Waals surface area (Å²) in [4.78, 5) is 12.0. The number of benzene rings is 1. The van der Waals surface area contributed by atoms with Crippen molar-refractivity contribution in [3.05, 3.63) is 29.8 Å². The van der Waals surface area contributed by atoms with E-state index in [1.165, 1.54) is 19.3 Å². The molecule has 0 radical (unpaired) electrons. The molecule has 3 heteroatoms. The van der Waals surface area contributed by atoms with Gasteiger partial charge in [-0.3, -0.25) is 4.79 Å². The van der Waals surface area contributed by atoms with Crippen molar-refractivity contribution in [1.82, 2.24) is 5.32 Å². The predicted octanol–water partition coefficient (Wildman–Crippen LogP) is 2.90. The number of nitrogens with two attached hydrogens (primary N) is 1. The van der Waals surface area contributed by atoms with Gasteiger partial charge in [0, 0.05) is 11.7 Å². The molecule has 19 heavy (non-hydrogen) atoms. The van der Waals surface area contributed by atoms with Crippen LogP contribution >= 0.6 is 0 Å². The second kappa shape index (κ2) is 6.60. The number of rotatable bonds is 4. The molecule has 0 aromatic heterocycles. The molecule has 1 aliphatic carbocycles. The average molecular weight is 260 g/mol. The van der Waals surface area contributed by atoms with Gasteiger partial charge in [-0.2, -0.15) is 0 Å². The maximum absolute atomic E-state index is 12.0. The molecule has 1 amide bonds. The number of nitrogens with one attached hydrogen (secondary N) is 1. The number of nitrogen functional groups attached to an aromatic ring is 1. The Morgan fingerprint density at radius 3 is 2.58 bits per heavy atom. The lowest BCUT2D eigenvalue weighted by atomic mass is 9.84. The summed E-state index contributed by atoms with van der Waals surface area (Å²) in [6.07, 6.45) is 6.38. The molecule has 0 bridgehead atoms. The summed E-state index contributed by atoms with van der Waals surface area (Å²) in [5.74, 6) is 0.954. The standard InChI is InChI=1S/C16H24N2O/c1-2-12-7-9-14(10-8-12)18-16(19)11-13-5-3-4-6-15(13)17/h3-6,12,14H,2,7-11,17H2,1H3,(H,18,19). The maximum atomic E-state index is 12.0. The fourth-order valence-electron chi connectivity index (χ4n) is 2.86. The van der Waals surface area contributed by atoms with Crippen molar-refractivity contribution >= 4 is 11.6 Å². The van der Waals surface area contributed by atoms with Gasteiger partial charge in [0.1, 0.15) is 0 Å². The molecule has 1 aromatic rings. The van der Waals surface area contributed by atoms with Crippen molar-refractivity contribution in [1.29, 1.82) is 0 Å². The van der Waals surface area contributed by atoms with Gasteiger partial charge in [0.05, 0.1) is 6.42 Å². The molecule has 1 saturated carbocycles. The number of amides is 1. The quantitative estimate of drug-likeness (QED) is 0.818. The molecule has 0 aliphatic heterocycles. The SMILES string of the molecule is CCC1CCC(NC(=O)Cc2ccccc2N)CC1. The Morgan fingerprint density at radius 2 is 1.95 bits per heavy atom. The van der Waals surface area contributed by atoms with Crippen LogP contribution in [-0.2, 0) is 11.2 Å². The van der Waals surface area contributed by atoms with Gasteiger partial charge in [-0.05, 0) is 43.2 Å². The topological polar surface area (TPSA) is 55.1 Å². The second-order valence-corrected chi connectivity index (χ2v) is 5.57. The zero-order valence-corrected chi connectivity index (χ0v) is 11.7. The maximum Gasteiger partial charge on any atom is 0.224 e. The number of carbonyl (C=O) groups is 1. The molecule has 0 atom stereocenters. The minimum absolute atomic E-state index is 0.0952. The summed E-state index contributed by atoms with van der Waals surface area (Å²) in [6, 6.07) is 7.94. The van der Waals surface area contributed by atoms with E-state index in [0.717, 1.165) is 24.3 Å². The number of hydrogen-bond acceptors (Lipinski definition) is 2.